The molecule has 0 fully saturated rings. The first kappa shape index (κ1) is 11.7. The monoisotopic (exact) mass is 248 g/mol. The van der Waals surface area contributed by atoms with Gasteiger partial charge in [0.1, 0.15) is 5.82 Å². The minimum atomic E-state index is 0.208. The molecular formula is C12H13ClN4. The molecule has 88 valence electrons. The molecule has 17 heavy (non-hydrogen) atoms. The first-order chi connectivity index (χ1) is 8.06. The van der Waals surface area contributed by atoms with Gasteiger partial charge >= 0.3 is 0 Å². The molecule has 0 aliphatic heterocycles. The molecule has 0 bridgehead atoms. The fourth-order valence-electron chi connectivity index (χ4n) is 1.67. The lowest BCUT2D eigenvalue weighted by molar-refractivity contribution is 1.04. The smallest absolute Gasteiger partial charge is 0.222 e. The average Bonchev–Trinajstić information content (AvgIpc) is 2.26. The molecule has 4 N–H and O–H groups in total. The average molecular weight is 249 g/mol. The van der Waals surface area contributed by atoms with E-state index in [0.717, 1.165) is 16.8 Å². The van der Waals surface area contributed by atoms with Crippen LogP contribution in [0.2, 0.25) is 5.02 Å². The molecule has 0 aliphatic rings. The van der Waals surface area contributed by atoms with Crippen molar-refractivity contribution in [2.75, 3.05) is 11.5 Å². The Morgan fingerprint density at radius 3 is 2.35 bits per heavy atom. The summed E-state index contributed by atoms with van der Waals surface area (Å²) in [5, 5.41) is 0.715. The second-order valence-electron chi connectivity index (χ2n) is 3.83. The van der Waals surface area contributed by atoms with E-state index in [1.807, 2.05) is 31.2 Å². The van der Waals surface area contributed by atoms with Crippen molar-refractivity contribution >= 4 is 23.4 Å². The second kappa shape index (κ2) is 4.59. The minimum Gasteiger partial charge on any atom is -0.383 e. The molecule has 0 atom stereocenters. The fourth-order valence-corrected chi connectivity index (χ4v) is 1.79. The van der Waals surface area contributed by atoms with Crippen LogP contribution < -0.4 is 11.5 Å². The van der Waals surface area contributed by atoms with E-state index in [1.165, 1.54) is 0 Å². The summed E-state index contributed by atoms with van der Waals surface area (Å²) >= 11 is 5.83. The molecule has 0 aliphatic carbocycles. The summed E-state index contributed by atoms with van der Waals surface area (Å²) < 4.78 is 0. The van der Waals surface area contributed by atoms with E-state index in [1.54, 1.807) is 0 Å². The molecule has 2 rings (SSSR count). The molecule has 0 spiro atoms. The Morgan fingerprint density at radius 2 is 1.76 bits per heavy atom. The lowest BCUT2D eigenvalue weighted by Gasteiger charge is -2.08. The highest BCUT2D eigenvalue weighted by molar-refractivity contribution is 6.30. The molecule has 0 amide bonds. The van der Waals surface area contributed by atoms with Crippen molar-refractivity contribution in [3.63, 3.8) is 0 Å². The summed E-state index contributed by atoms with van der Waals surface area (Å²) in [6.45, 7) is 1.87. The van der Waals surface area contributed by atoms with E-state index >= 15 is 0 Å². The van der Waals surface area contributed by atoms with Crippen LogP contribution >= 0.6 is 11.6 Å². The molecule has 1 heterocycles. The van der Waals surface area contributed by atoms with Crippen molar-refractivity contribution in [3.8, 4) is 0 Å². The van der Waals surface area contributed by atoms with Crippen LogP contribution in [-0.4, -0.2) is 9.97 Å². The minimum absolute atomic E-state index is 0.208. The summed E-state index contributed by atoms with van der Waals surface area (Å²) in [4.78, 5) is 8.08. The summed E-state index contributed by atoms with van der Waals surface area (Å²) in [5.74, 6) is 0.643. The summed E-state index contributed by atoms with van der Waals surface area (Å²) in [6, 6.07) is 7.61. The van der Waals surface area contributed by atoms with Crippen molar-refractivity contribution < 1.29 is 0 Å². The number of aryl methyl sites for hydroxylation is 1. The standard InChI is InChI=1S/C12H13ClN4/c1-7-10(11(14)17-12(15)16-7)6-8-2-4-9(13)5-3-8/h2-5H,6H2,1H3,(H4,14,15,16,17). The maximum absolute atomic E-state index is 5.84. The van der Waals surface area contributed by atoms with Crippen LogP contribution in [0.1, 0.15) is 16.8 Å². The Hall–Kier alpha value is -1.81. The lowest BCUT2D eigenvalue weighted by atomic mass is 10.0. The first-order valence-corrected chi connectivity index (χ1v) is 5.57. The number of nitrogen functional groups attached to an aromatic ring is 2. The van der Waals surface area contributed by atoms with Gasteiger partial charge in [-0.05, 0) is 24.6 Å². The van der Waals surface area contributed by atoms with E-state index in [4.69, 9.17) is 23.1 Å². The number of rotatable bonds is 2. The summed E-state index contributed by atoms with van der Waals surface area (Å²) in [7, 11) is 0. The zero-order valence-corrected chi connectivity index (χ0v) is 10.2. The van der Waals surface area contributed by atoms with Gasteiger partial charge in [0.2, 0.25) is 5.95 Å². The highest BCUT2D eigenvalue weighted by Crippen LogP contribution is 2.19. The molecule has 0 radical (unpaired) electrons. The highest BCUT2D eigenvalue weighted by Gasteiger charge is 2.08. The van der Waals surface area contributed by atoms with Gasteiger partial charge in [0, 0.05) is 22.7 Å². The van der Waals surface area contributed by atoms with E-state index in [9.17, 15) is 0 Å². The SMILES string of the molecule is Cc1nc(N)nc(N)c1Cc1ccc(Cl)cc1. The summed E-state index contributed by atoms with van der Waals surface area (Å²) in [6.07, 6.45) is 0.676. The van der Waals surface area contributed by atoms with Crippen molar-refractivity contribution in [2.45, 2.75) is 13.3 Å². The second-order valence-corrected chi connectivity index (χ2v) is 4.27. The van der Waals surface area contributed by atoms with Crippen LogP contribution in [0.25, 0.3) is 0 Å². The quantitative estimate of drug-likeness (QED) is 0.854. The first-order valence-electron chi connectivity index (χ1n) is 5.19. The zero-order valence-electron chi connectivity index (χ0n) is 9.44. The highest BCUT2D eigenvalue weighted by atomic mass is 35.5. The third kappa shape index (κ3) is 2.65. The van der Waals surface area contributed by atoms with Crippen LogP contribution in [0.15, 0.2) is 24.3 Å². The normalized spacial score (nSPS) is 10.5. The third-order valence-corrected chi connectivity index (χ3v) is 2.81. The van der Waals surface area contributed by atoms with Gasteiger partial charge in [-0.3, -0.25) is 0 Å². The van der Waals surface area contributed by atoms with Crippen LogP contribution in [-0.2, 0) is 6.42 Å². The van der Waals surface area contributed by atoms with E-state index in [0.29, 0.717) is 17.3 Å². The number of anilines is 2. The maximum atomic E-state index is 5.84. The molecule has 4 nitrogen and oxygen atoms in total. The topological polar surface area (TPSA) is 77.8 Å². The van der Waals surface area contributed by atoms with Gasteiger partial charge < -0.3 is 11.5 Å². The maximum Gasteiger partial charge on any atom is 0.222 e. The van der Waals surface area contributed by atoms with Crippen molar-refractivity contribution in [1.29, 1.82) is 0 Å². The van der Waals surface area contributed by atoms with Crippen LogP contribution in [0, 0.1) is 6.92 Å². The van der Waals surface area contributed by atoms with E-state index in [2.05, 4.69) is 9.97 Å². The van der Waals surface area contributed by atoms with Gasteiger partial charge in [-0.2, -0.15) is 4.98 Å². The number of aromatic nitrogens is 2. The third-order valence-electron chi connectivity index (χ3n) is 2.56. The van der Waals surface area contributed by atoms with Crippen LogP contribution in [0.3, 0.4) is 0 Å². The van der Waals surface area contributed by atoms with Crippen molar-refractivity contribution in [2.24, 2.45) is 0 Å². The van der Waals surface area contributed by atoms with E-state index in [-0.39, 0.29) is 5.95 Å². The molecule has 1 aromatic carbocycles. The van der Waals surface area contributed by atoms with Crippen molar-refractivity contribution in [3.05, 3.63) is 46.1 Å². The number of nitrogens with zero attached hydrogens (tertiary/aromatic N) is 2. The molecule has 0 unspecified atom stereocenters. The van der Waals surface area contributed by atoms with Gasteiger partial charge in [0.25, 0.3) is 0 Å². The largest absolute Gasteiger partial charge is 0.383 e. The Morgan fingerprint density at radius 1 is 1.12 bits per heavy atom. The number of halogens is 1. The molecule has 0 saturated heterocycles. The zero-order chi connectivity index (χ0) is 12.4. The van der Waals surface area contributed by atoms with Gasteiger partial charge in [0.15, 0.2) is 0 Å². The molecule has 5 heteroatoms. The predicted octanol–water partition coefficient (Wildman–Crippen LogP) is 2.19. The predicted molar refractivity (Wildman–Crippen MR) is 69.9 cm³/mol. The summed E-state index contributed by atoms with van der Waals surface area (Å²) in [5.41, 5.74) is 14.2. The number of nitrogens with two attached hydrogens (primary N) is 2. The Kier molecular flexibility index (Phi) is 3.15. The lowest BCUT2D eigenvalue weighted by Crippen LogP contribution is -2.07. The Bertz CT molecular complexity index is 514. The van der Waals surface area contributed by atoms with Crippen LogP contribution in [0.5, 0.6) is 0 Å². The Balaban J connectivity index is 2.33. The molecule has 2 aromatic rings. The van der Waals surface area contributed by atoms with Crippen LogP contribution in [0.4, 0.5) is 11.8 Å². The number of hydrogen-bond donors (Lipinski definition) is 2. The number of benzene rings is 1. The number of hydrogen-bond acceptors (Lipinski definition) is 4. The van der Waals surface area contributed by atoms with Gasteiger partial charge in [-0.1, -0.05) is 23.7 Å². The van der Waals surface area contributed by atoms with Gasteiger partial charge in [-0.25, -0.2) is 4.98 Å². The fraction of sp³-hybridized carbons (Fsp3) is 0.167. The Labute approximate surface area is 105 Å². The van der Waals surface area contributed by atoms with Gasteiger partial charge in [-0.15, -0.1) is 0 Å². The molecular weight excluding hydrogens is 236 g/mol. The molecule has 0 saturated carbocycles. The van der Waals surface area contributed by atoms with Crippen molar-refractivity contribution in [1.82, 2.24) is 9.97 Å². The molecule has 1 aromatic heterocycles. The van der Waals surface area contributed by atoms with E-state index < -0.39 is 0 Å². The van der Waals surface area contributed by atoms with Gasteiger partial charge in [0.05, 0.1) is 0 Å².